The lowest BCUT2D eigenvalue weighted by molar-refractivity contribution is 0.973. The summed E-state index contributed by atoms with van der Waals surface area (Å²) in [6.07, 6.45) is 0. The zero-order valence-electron chi connectivity index (χ0n) is 42.0. The molecule has 2 heterocycles. The highest BCUT2D eigenvalue weighted by Crippen LogP contribution is 2.63. The largest absolute Gasteiger partial charge is 0.309 e. The average molecular weight is 1010 g/mol. The number of rotatable bonds is 8. The van der Waals surface area contributed by atoms with Crippen molar-refractivity contribution in [1.82, 2.24) is 0 Å². The van der Waals surface area contributed by atoms with E-state index in [0.717, 1.165) is 11.4 Å². The van der Waals surface area contributed by atoms with Crippen molar-refractivity contribution in [2.45, 2.75) is 43.9 Å². The van der Waals surface area contributed by atoms with Gasteiger partial charge in [-0.1, -0.05) is 185 Å². The number of thiophene rings is 2. The Labute approximate surface area is 437 Å². The molecule has 0 amide bonds. The minimum Gasteiger partial charge on any atom is -0.309 e. The van der Waals surface area contributed by atoms with Gasteiger partial charge in [-0.05, 0) is 127 Å². The normalized spacial score (nSPS) is 13.5. The number of hydrogen-bond acceptors (Lipinski definition) is 4. The molecule has 0 saturated heterocycles. The van der Waals surface area contributed by atoms with Gasteiger partial charge in [0.2, 0.25) is 0 Å². The summed E-state index contributed by atoms with van der Waals surface area (Å²) in [5, 5.41) is 13.3. The first-order chi connectivity index (χ1) is 35.5. The molecule has 13 aromatic rings. The zero-order valence-corrected chi connectivity index (χ0v) is 45.6. The van der Waals surface area contributed by atoms with Crippen molar-refractivity contribution < 1.29 is 0 Å². The van der Waals surface area contributed by atoms with Crippen LogP contribution < -0.4 is 9.80 Å². The van der Waals surface area contributed by atoms with Gasteiger partial charge in [0.05, 0.1) is 36.9 Å². The van der Waals surface area contributed by atoms with Gasteiger partial charge < -0.3 is 9.80 Å². The molecule has 0 unspecified atom stereocenters. The number of hydrogen-bond donors (Lipinski definition) is 0. The summed E-state index contributed by atoms with van der Waals surface area (Å²) in [5.41, 5.74) is 13.1. The van der Waals surface area contributed by atoms with Crippen LogP contribution in [0.3, 0.4) is 0 Å². The molecule has 0 radical (unpaired) electrons. The predicted octanol–water partition coefficient (Wildman–Crippen LogP) is 20.8. The molecule has 0 saturated carbocycles. The monoisotopic (exact) mass is 1010 g/mol. The van der Waals surface area contributed by atoms with Gasteiger partial charge >= 0.3 is 0 Å². The van der Waals surface area contributed by atoms with Gasteiger partial charge in [0.15, 0.2) is 0 Å². The van der Waals surface area contributed by atoms with E-state index in [1.54, 1.807) is 11.1 Å². The maximum Gasteiger partial charge on any atom is 0.0640 e. The number of benzene rings is 11. The van der Waals surface area contributed by atoms with Crippen molar-refractivity contribution in [3.63, 3.8) is 0 Å². The molecule has 0 aliphatic heterocycles. The zero-order chi connectivity index (χ0) is 49.4. The Balaban J connectivity index is 1.02. The molecule has 14 rings (SSSR count). The molecule has 0 N–H and O–H groups in total. The molecule has 11 aromatic carbocycles. The molecule has 1 aliphatic carbocycles. The third-order valence-corrected chi connectivity index (χ3v) is 28.5. The molecule has 0 bridgehead atoms. The minimum absolute atomic E-state index is 0.126. The lowest BCUT2D eigenvalue weighted by atomic mass is 9.91. The van der Waals surface area contributed by atoms with Crippen molar-refractivity contribution >= 4 is 146 Å². The maximum absolute atomic E-state index is 2.66. The Hall–Kier alpha value is -7.33. The SMILES string of the molecule is C[Si](C)(C)C1([Si](C)(C)C)c2c(ccc3cc(N(c4ccccc4)c4cccc5c4sc4ccccc45)ccc23)-c2c1c1ccc(N(c3ccccc3)c3cccc4c3sc3ccccc34)cc1c1ccccc21. The molecule has 73 heavy (non-hydrogen) atoms. The van der Waals surface area contributed by atoms with Crippen molar-refractivity contribution in [1.29, 1.82) is 0 Å². The summed E-state index contributed by atoms with van der Waals surface area (Å²) in [4.78, 5) is 4.99. The topological polar surface area (TPSA) is 6.48 Å². The molecule has 352 valence electrons. The maximum atomic E-state index is 2.66. The number of fused-ring (bicyclic) bond motifs is 16. The van der Waals surface area contributed by atoms with Gasteiger partial charge in [-0.25, -0.2) is 0 Å². The smallest absolute Gasteiger partial charge is 0.0640 e. The lowest BCUT2D eigenvalue weighted by Gasteiger charge is -2.52. The first-order valence-electron chi connectivity index (χ1n) is 25.6. The van der Waals surface area contributed by atoms with E-state index in [9.17, 15) is 0 Å². The third kappa shape index (κ3) is 6.44. The highest BCUT2D eigenvalue weighted by atomic mass is 32.1. The Morgan fingerprint density at radius 1 is 0.329 bits per heavy atom. The van der Waals surface area contributed by atoms with Crippen LogP contribution in [0.4, 0.5) is 34.1 Å². The lowest BCUT2D eigenvalue weighted by Crippen LogP contribution is -2.63. The van der Waals surface area contributed by atoms with E-state index in [1.165, 1.54) is 107 Å². The first-order valence-corrected chi connectivity index (χ1v) is 34.2. The van der Waals surface area contributed by atoms with Crippen LogP contribution >= 0.6 is 22.7 Å². The third-order valence-electron chi connectivity index (χ3n) is 16.1. The molecule has 1 aliphatic rings. The van der Waals surface area contributed by atoms with Gasteiger partial charge in [0, 0.05) is 58.4 Å². The van der Waals surface area contributed by atoms with Crippen LogP contribution in [-0.4, -0.2) is 16.1 Å². The number of nitrogens with zero attached hydrogens (tertiary/aromatic N) is 2. The van der Waals surface area contributed by atoms with Gasteiger partial charge in [-0.15, -0.1) is 22.7 Å². The molecule has 0 atom stereocenters. The van der Waals surface area contributed by atoms with Gasteiger partial charge in [0.1, 0.15) is 0 Å². The van der Waals surface area contributed by atoms with Crippen molar-refractivity contribution in [2.75, 3.05) is 9.80 Å². The Bertz CT molecular complexity index is 4360. The van der Waals surface area contributed by atoms with Crippen molar-refractivity contribution in [2.24, 2.45) is 0 Å². The first kappa shape index (κ1) is 44.4. The summed E-state index contributed by atoms with van der Waals surface area (Å²) in [6, 6.07) is 82.4. The summed E-state index contributed by atoms with van der Waals surface area (Å²) in [7, 11) is -4.33. The molecule has 2 nitrogen and oxygen atoms in total. The van der Waals surface area contributed by atoms with Gasteiger partial charge in [0.25, 0.3) is 0 Å². The fraction of sp³-hybridized carbons (Fsp3) is 0.104. The second-order valence-corrected chi connectivity index (χ2v) is 35.1. The van der Waals surface area contributed by atoms with Crippen LogP contribution in [0, 0.1) is 0 Å². The Kier molecular flexibility index (Phi) is 9.93. The summed E-state index contributed by atoms with van der Waals surface area (Å²) in [5.74, 6) is 0. The summed E-state index contributed by atoms with van der Waals surface area (Å²) in [6.45, 7) is 16.0. The van der Waals surface area contributed by atoms with E-state index in [4.69, 9.17) is 0 Å². The minimum atomic E-state index is -2.17. The predicted molar refractivity (Wildman–Crippen MR) is 327 cm³/mol. The number of para-hydroxylation sites is 2. The molecule has 0 spiro atoms. The second-order valence-electron chi connectivity index (χ2n) is 22.0. The van der Waals surface area contributed by atoms with Crippen LogP contribution in [0.2, 0.25) is 39.3 Å². The van der Waals surface area contributed by atoms with E-state index in [0.29, 0.717) is 0 Å². The van der Waals surface area contributed by atoms with Crippen LogP contribution in [-0.2, 0) is 4.66 Å². The van der Waals surface area contributed by atoms with Crippen LogP contribution in [0.15, 0.2) is 218 Å². The van der Waals surface area contributed by atoms with Crippen LogP contribution in [0.25, 0.3) is 83.8 Å². The van der Waals surface area contributed by atoms with Gasteiger partial charge in [-0.3, -0.25) is 0 Å². The molecule has 6 heteroatoms. The van der Waals surface area contributed by atoms with E-state index in [1.807, 2.05) is 22.7 Å². The van der Waals surface area contributed by atoms with E-state index in [2.05, 4.69) is 267 Å². The molecule has 0 fully saturated rings. The van der Waals surface area contributed by atoms with Gasteiger partial charge in [-0.2, -0.15) is 0 Å². The highest BCUT2D eigenvalue weighted by molar-refractivity contribution is 7.26. The summed E-state index contributed by atoms with van der Waals surface area (Å²) >= 11 is 3.79. The average Bonchev–Trinajstić information content (AvgIpc) is 4.09. The fourth-order valence-electron chi connectivity index (χ4n) is 13.6. The fourth-order valence-corrected chi connectivity index (χ4v) is 29.1. The van der Waals surface area contributed by atoms with E-state index < -0.39 is 16.1 Å². The van der Waals surface area contributed by atoms with Crippen LogP contribution in [0.1, 0.15) is 11.1 Å². The highest BCUT2D eigenvalue weighted by Gasteiger charge is 2.60. The number of anilines is 6. The molecular formula is C67H54N2S2Si2. The molecule has 2 aromatic heterocycles. The van der Waals surface area contributed by atoms with Crippen molar-refractivity contribution in [3.05, 3.63) is 230 Å². The van der Waals surface area contributed by atoms with Crippen LogP contribution in [0.5, 0.6) is 0 Å². The second kappa shape index (κ2) is 16.3. The Morgan fingerprint density at radius 3 is 1.34 bits per heavy atom. The molecular weight excluding hydrogens is 953 g/mol. The quantitative estimate of drug-likeness (QED) is 0.111. The summed E-state index contributed by atoms with van der Waals surface area (Å²) < 4.78 is 5.11. The van der Waals surface area contributed by atoms with E-state index in [-0.39, 0.29) is 4.66 Å². The Morgan fingerprint density at radius 2 is 0.795 bits per heavy atom. The van der Waals surface area contributed by atoms with Crippen molar-refractivity contribution in [3.8, 4) is 11.1 Å². The standard InChI is InChI=1S/C67H54N2S2Si2/c1-72(2,3)67(73(4,5)6)63-48-39-36-46(68(44-21-9-7-10-22-44)58-31-19-29-54-50-26-15-17-33-60(50)70-65(54)58)41-43(48)35-38-56(63)62-52-28-14-13-25-49(52)57-42-47(37-40-53(57)64(62)67)69(45-23-11-8-12-24-45)59-32-20-30-55-51-27-16-18-34-61(51)71-66(55)59/h7-42H,1-6H3. The van der Waals surface area contributed by atoms with E-state index >= 15 is 0 Å².